The second-order valence-corrected chi connectivity index (χ2v) is 2.85. The summed E-state index contributed by atoms with van der Waals surface area (Å²) in [7, 11) is 1.50. The van der Waals surface area contributed by atoms with Gasteiger partial charge in [0.25, 0.3) is 0 Å². The number of carbonyl (C=O) groups is 2. The molecule has 0 aliphatic rings. The van der Waals surface area contributed by atoms with Crippen molar-refractivity contribution in [3.63, 3.8) is 0 Å². The summed E-state index contributed by atoms with van der Waals surface area (Å²) in [4.78, 5) is 21.5. The fraction of sp³-hybridized carbons (Fsp3) is 0.111. The van der Waals surface area contributed by atoms with E-state index in [4.69, 9.17) is 15.9 Å². The third kappa shape index (κ3) is 1.98. The average molecular weight is 210 g/mol. The first kappa shape index (κ1) is 10.8. The number of carboxylic acids is 2. The summed E-state index contributed by atoms with van der Waals surface area (Å²) < 4.78 is 0. The molecule has 0 atom stereocenters. The maximum Gasteiger partial charge on any atom is 0.337 e. The highest BCUT2D eigenvalue weighted by molar-refractivity contribution is 6.01. The van der Waals surface area contributed by atoms with Crippen LogP contribution in [-0.2, 0) is 0 Å². The molecule has 0 bridgehead atoms. The van der Waals surface area contributed by atoms with Gasteiger partial charge in [0.2, 0.25) is 0 Å². The molecular formula is C9H10N2O4. The zero-order valence-corrected chi connectivity index (χ0v) is 7.94. The van der Waals surface area contributed by atoms with E-state index in [0.29, 0.717) is 0 Å². The Morgan fingerprint density at radius 1 is 1.20 bits per heavy atom. The number of rotatable bonds is 3. The van der Waals surface area contributed by atoms with Gasteiger partial charge in [-0.2, -0.15) is 0 Å². The molecule has 0 saturated heterocycles. The van der Waals surface area contributed by atoms with E-state index >= 15 is 0 Å². The summed E-state index contributed by atoms with van der Waals surface area (Å²) in [5.41, 5.74) is 5.38. The monoisotopic (exact) mass is 210 g/mol. The lowest BCUT2D eigenvalue weighted by atomic mass is 10.1. The van der Waals surface area contributed by atoms with E-state index in [1.807, 2.05) is 0 Å². The zero-order chi connectivity index (χ0) is 11.6. The van der Waals surface area contributed by atoms with Crippen molar-refractivity contribution in [2.75, 3.05) is 18.1 Å². The summed E-state index contributed by atoms with van der Waals surface area (Å²) >= 11 is 0. The van der Waals surface area contributed by atoms with Gasteiger partial charge in [-0.3, -0.25) is 0 Å². The highest BCUT2D eigenvalue weighted by Crippen LogP contribution is 2.23. The summed E-state index contributed by atoms with van der Waals surface area (Å²) in [5, 5.41) is 20.2. The largest absolute Gasteiger partial charge is 0.478 e. The van der Waals surface area contributed by atoms with Crippen LogP contribution in [0.2, 0.25) is 0 Å². The molecule has 1 aromatic carbocycles. The first-order valence-electron chi connectivity index (χ1n) is 4.05. The van der Waals surface area contributed by atoms with Gasteiger partial charge in [-0.15, -0.1) is 0 Å². The Morgan fingerprint density at radius 3 is 2.13 bits per heavy atom. The van der Waals surface area contributed by atoms with Gasteiger partial charge in [0.1, 0.15) is 0 Å². The number of carboxylic acid groups (broad SMARTS) is 2. The molecule has 5 N–H and O–H groups in total. The van der Waals surface area contributed by atoms with Gasteiger partial charge in [-0.25, -0.2) is 9.59 Å². The van der Waals surface area contributed by atoms with Gasteiger partial charge < -0.3 is 21.3 Å². The lowest BCUT2D eigenvalue weighted by Crippen LogP contribution is -2.09. The molecule has 6 nitrogen and oxygen atoms in total. The minimum Gasteiger partial charge on any atom is -0.478 e. The van der Waals surface area contributed by atoms with Crippen LogP contribution in [0.25, 0.3) is 0 Å². The summed E-state index contributed by atoms with van der Waals surface area (Å²) in [6.45, 7) is 0. The SMILES string of the molecule is CNc1cc(C(=O)O)c(N)cc1C(=O)O. The number of aromatic carboxylic acids is 2. The van der Waals surface area contributed by atoms with Crippen LogP contribution in [-0.4, -0.2) is 29.2 Å². The molecule has 0 fully saturated rings. The summed E-state index contributed by atoms with van der Waals surface area (Å²) in [6.07, 6.45) is 0. The Hall–Kier alpha value is -2.24. The van der Waals surface area contributed by atoms with Crippen molar-refractivity contribution >= 4 is 23.3 Å². The lowest BCUT2D eigenvalue weighted by molar-refractivity contribution is 0.0683. The van der Waals surface area contributed by atoms with Crippen molar-refractivity contribution in [2.24, 2.45) is 0 Å². The van der Waals surface area contributed by atoms with E-state index in [1.54, 1.807) is 0 Å². The predicted molar refractivity (Wildman–Crippen MR) is 54.3 cm³/mol. The number of nitrogens with one attached hydrogen (secondary N) is 1. The van der Waals surface area contributed by atoms with Crippen molar-refractivity contribution in [3.8, 4) is 0 Å². The quantitative estimate of drug-likeness (QED) is 0.546. The summed E-state index contributed by atoms with van der Waals surface area (Å²) in [5.74, 6) is -2.36. The fourth-order valence-corrected chi connectivity index (χ4v) is 1.19. The molecule has 0 saturated carbocycles. The number of hydrogen-bond donors (Lipinski definition) is 4. The molecule has 6 heteroatoms. The van der Waals surface area contributed by atoms with Crippen molar-refractivity contribution in [1.82, 2.24) is 0 Å². The van der Waals surface area contributed by atoms with Gasteiger partial charge in [-0.1, -0.05) is 0 Å². The van der Waals surface area contributed by atoms with Crippen molar-refractivity contribution in [2.45, 2.75) is 0 Å². The van der Waals surface area contributed by atoms with Crippen LogP contribution in [0, 0.1) is 0 Å². The Kier molecular flexibility index (Phi) is 2.80. The highest BCUT2D eigenvalue weighted by Gasteiger charge is 2.16. The van der Waals surface area contributed by atoms with E-state index in [1.165, 1.54) is 13.1 Å². The van der Waals surface area contributed by atoms with Crippen molar-refractivity contribution in [1.29, 1.82) is 0 Å². The maximum atomic E-state index is 10.8. The first-order valence-corrected chi connectivity index (χ1v) is 4.05. The number of nitrogen functional groups attached to an aromatic ring is 1. The highest BCUT2D eigenvalue weighted by atomic mass is 16.4. The smallest absolute Gasteiger partial charge is 0.337 e. The van der Waals surface area contributed by atoms with Crippen LogP contribution in [0.15, 0.2) is 12.1 Å². The second kappa shape index (κ2) is 3.87. The Labute approximate surface area is 85.3 Å². The van der Waals surface area contributed by atoms with Gasteiger partial charge in [0.05, 0.1) is 11.1 Å². The average Bonchev–Trinajstić information content (AvgIpc) is 2.16. The fourth-order valence-electron chi connectivity index (χ4n) is 1.19. The molecule has 1 aromatic rings. The third-order valence-corrected chi connectivity index (χ3v) is 1.92. The minimum absolute atomic E-state index is 0.0556. The van der Waals surface area contributed by atoms with E-state index in [0.717, 1.165) is 6.07 Å². The van der Waals surface area contributed by atoms with Gasteiger partial charge in [0, 0.05) is 18.4 Å². The third-order valence-electron chi connectivity index (χ3n) is 1.92. The van der Waals surface area contributed by atoms with Crippen LogP contribution in [0.5, 0.6) is 0 Å². The van der Waals surface area contributed by atoms with Crippen LogP contribution in [0.1, 0.15) is 20.7 Å². The number of anilines is 2. The van der Waals surface area contributed by atoms with Gasteiger partial charge in [0.15, 0.2) is 0 Å². The number of benzene rings is 1. The normalized spacial score (nSPS) is 9.67. The standard InChI is InChI=1S/C9H10N2O4/c1-11-7-3-4(8(12)13)6(10)2-5(7)9(14)15/h2-3,11H,10H2,1H3,(H,12,13)(H,14,15). The zero-order valence-electron chi connectivity index (χ0n) is 7.94. The molecule has 0 unspecified atom stereocenters. The molecule has 0 aliphatic heterocycles. The summed E-state index contributed by atoms with van der Waals surface area (Å²) in [6, 6.07) is 2.32. The molecule has 1 rings (SSSR count). The van der Waals surface area contributed by atoms with Crippen molar-refractivity contribution in [3.05, 3.63) is 23.3 Å². The molecule has 80 valence electrons. The van der Waals surface area contributed by atoms with E-state index < -0.39 is 11.9 Å². The molecule has 0 spiro atoms. The topological polar surface area (TPSA) is 113 Å². The molecule has 0 amide bonds. The molecule has 0 radical (unpaired) electrons. The molecule has 15 heavy (non-hydrogen) atoms. The predicted octanol–water partition coefficient (Wildman–Crippen LogP) is 0.707. The van der Waals surface area contributed by atoms with Crippen LogP contribution in [0.4, 0.5) is 11.4 Å². The van der Waals surface area contributed by atoms with E-state index in [-0.39, 0.29) is 22.5 Å². The lowest BCUT2D eigenvalue weighted by Gasteiger charge is -2.08. The Morgan fingerprint density at radius 2 is 1.73 bits per heavy atom. The van der Waals surface area contributed by atoms with Crippen LogP contribution >= 0.6 is 0 Å². The van der Waals surface area contributed by atoms with Gasteiger partial charge in [-0.05, 0) is 12.1 Å². The second-order valence-electron chi connectivity index (χ2n) is 2.85. The minimum atomic E-state index is -1.19. The Balaban J connectivity index is 3.42. The van der Waals surface area contributed by atoms with Crippen LogP contribution < -0.4 is 11.1 Å². The van der Waals surface area contributed by atoms with Gasteiger partial charge >= 0.3 is 11.9 Å². The Bertz CT molecular complexity index is 428. The number of nitrogens with two attached hydrogens (primary N) is 1. The molecule has 0 heterocycles. The van der Waals surface area contributed by atoms with E-state index in [9.17, 15) is 9.59 Å². The molecule has 0 aromatic heterocycles. The molecular weight excluding hydrogens is 200 g/mol. The van der Waals surface area contributed by atoms with E-state index in [2.05, 4.69) is 5.32 Å². The maximum absolute atomic E-state index is 10.8. The number of hydrogen-bond acceptors (Lipinski definition) is 4. The molecule has 0 aliphatic carbocycles. The van der Waals surface area contributed by atoms with Crippen molar-refractivity contribution < 1.29 is 19.8 Å². The van der Waals surface area contributed by atoms with Crippen LogP contribution in [0.3, 0.4) is 0 Å². The first-order chi connectivity index (χ1) is 6.97.